The zero-order valence-electron chi connectivity index (χ0n) is 9.71. The van der Waals surface area contributed by atoms with Gasteiger partial charge >= 0.3 is 5.97 Å². The zero-order chi connectivity index (χ0) is 11.8. The molecule has 2 fully saturated rings. The lowest BCUT2D eigenvalue weighted by atomic mass is 9.67. The van der Waals surface area contributed by atoms with Crippen LogP contribution in [0.25, 0.3) is 0 Å². The molecule has 0 bridgehead atoms. The monoisotopic (exact) mass is 225 g/mol. The van der Waals surface area contributed by atoms with Gasteiger partial charge in [0.15, 0.2) is 0 Å². The van der Waals surface area contributed by atoms with Crippen LogP contribution in [0.1, 0.15) is 45.4 Å². The minimum absolute atomic E-state index is 0.254. The Morgan fingerprint density at radius 1 is 1.25 bits per heavy atom. The molecule has 0 spiro atoms. The number of aliphatic carboxylic acids is 1. The summed E-state index contributed by atoms with van der Waals surface area (Å²) in [7, 11) is 0. The second-order valence-corrected chi connectivity index (χ2v) is 5.28. The average molecular weight is 225 g/mol. The highest BCUT2D eigenvalue weighted by molar-refractivity contribution is 6.04. The van der Waals surface area contributed by atoms with Crippen molar-refractivity contribution >= 4 is 11.9 Å². The van der Waals surface area contributed by atoms with Crippen LogP contribution in [-0.4, -0.2) is 23.5 Å². The molecule has 0 saturated heterocycles. The van der Waals surface area contributed by atoms with E-state index in [0.717, 1.165) is 19.3 Å². The average Bonchev–Trinajstić information content (AvgIpc) is 2.97. The number of amides is 1. The molecule has 0 heterocycles. The van der Waals surface area contributed by atoms with Crippen molar-refractivity contribution in [2.24, 2.45) is 10.8 Å². The van der Waals surface area contributed by atoms with Crippen LogP contribution in [0.5, 0.6) is 0 Å². The van der Waals surface area contributed by atoms with Crippen LogP contribution in [-0.2, 0) is 9.59 Å². The van der Waals surface area contributed by atoms with Crippen LogP contribution in [0.2, 0.25) is 0 Å². The van der Waals surface area contributed by atoms with Gasteiger partial charge < -0.3 is 10.4 Å². The predicted molar refractivity (Wildman–Crippen MR) is 58.9 cm³/mol. The SMILES string of the molecule is CCC1(CNC(=O)C2(C(=O)O)CC2)CCC1. The second-order valence-electron chi connectivity index (χ2n) is 5.28. The summed E-state index contributed by atoms with van der Waals surface area (Å²) in [5, 5.41) is 11.8. The number of nitrogens with one attached hydrogen (secondary N) is 1. The van der Waals surface area contributed by atoms with E-state index in [4.69, 9.17) is 5.11 Å². The maximum atomic E-state index is 11.8. The van der Waals surface area contributed by atoms with E-state index >= 15 is 0 Å². The standard InChI is InChI=1S/C12H19NO3/c1-2-11(4-3-5-11)8-13-9(14)12(6-7-12)10(15)16/h2-8H2,1H3,(H,13,14)(H,15,16). The van der Waals surface area contributed by atoms with Gasteiger partial charge in [0, 0.05) is 6.54 Å². The molecule has 4 nitrogen and oxygen atoms in total. The van der Waals surface area contributed by atoms with Gasteiger partial charge in [-0.05, 0) is 37.5 Å². The smallest absolute Gasteiger partial charge is 0.319 e. The lowest BCUT2D eigenvalue weighted by molar-refractivity contribution is -0.149. The molecule has 0 aliphatic heterocycles. The number of carboxylic acid groups (broad SMARTS) is 1. The van der Waals surface area contributed by atoms with Crippen molar-refractivity contribution in [2.45, 2.75) is 45.4 Å². The molecule has 2 aliphatic rings. The van der Waals surface area contributed by atoms with E-state index in [1.54, 1.807) is 0 Å². The fraction of sp³-hybridized carbons (Fsp3) is 0.833. The summed E-state index contributed by atoms with van der Waals surface area (Å²) >= 11 is 0. The minimum Gasteiger partial charge on any atom is -0.480 e. The Hall–Kier alpha value is -1.06. The van der Waals surface area contributed by atoms with Crippen molar-refractivity contribution in [1.82, 2.24) is 5.32 Å². The van der Waals surface area contributed by atoms with Gasteiger partial charge in [-0.25, -0.2) is 0 Å². The molecule has 0 aromatic rings. The van der Waals surface area contributed by atoms with Crippen LogP contribution in [0, 0.1) is 10.8 Å². The molecule has 0 aromatic carbocycles. The summed E-state index contributed by atoms with van der Waals surface area (Å²) in [6, 6.07) is 0. The van der Waals surface area contributed by atoms with Crippen molar-refractivity contribution in [1.29, 1.82) is 0 Å². The van der Waals surface area contributed by atoms with Gasteiger partial charge in [0.1, 0.15) is 5.41 Å². The first-order chi connectivity index (χ1) is 7.55. The van der Waals surface area contributed by atoms with E-state index in [1.165, 1.54) is 6.42 Å². The first-order valence-electron chi connectivity index (χ1n) is 6.06. The highest BCUT2D eigenvalue weighted by atomic mass is 16.4. The van der Waals surface area contributed by atoms with Gasteiger partial charge in [0.05, 0.1) is 0 Å². The van der Waals surface area contributed by atoms with E-state index in [9.17, 15) is 9.59 Å². The third-order valence-corrected chi connectivity index (χ3v) is 4.38. The number of hydrogen-bond donors (Lipinski definition) is 2. The molecular formula is C12H19NO3. The highest BCUT2D eigenvalue weighted by Crippen LogP contribution is 2.47. The number of carbonyl (C=O) groups is 2. The molecule has 1 amide bonds. The van der Waals surface area contributed by atoms with Crippen molar-refractivity contribution in [2.75, 3.05) is 6.54 Å². The Morgan fingerprint density at radius 2 is 1.88 bits per heavy atom. The molecule has 0 unspecified atom stereocenters. The van der Waals surface area contributed by atoms with E-state index in [0.29, 0.717) is 19.4 Å². The van der Waals surface area contributed by atoms with Crippen LogP contribution < -0.4 is 5.32 Å². The lowest BCUT2D eigenvalue weighted by Gasteiger charge is -2.41. The van der Waals surface area contributed by atoms with E-state index < -0.39 is 11.4 Å². The molecule has 90 valence electrons. The molecular weight excluding hydrogens is 206 g/mol. The fourth-order valence-corrected chi connectivity index (χ4v) is 2.43. The summed E-state index contributed by atoms with van der Waals surface area (Å²) in [6.45, 7) is 2.78. The molecule has 2 rings (SSSR count). The number of carbonyl (C=O) groups excluding carboxylic acids is 1. The normalized spacial score (nSPS) is 24.3. The molecule has 0 radical (unpaired) electrons. The van der Waals surface area contributed by atoms with E-state index in [-0.39, 0.29) is 11.3 Å². The summed E-state index contributed by atoms with van der Waals surface area (Å²) in [6.07, 6.45) is 5.59. The minimum atomic E-state index is -1.08. The molecule has 0 aromatic heterocycles. The molecule has 16 heavy (non-hydrogen) atoms. The summed E-state index contributed by atoms with van der Waals surface area (Å²) in [5.74, 6) is -1.25. The Balaban J connectivity index is 1.87. The highest BCUT2D eigenvalue weighted by Gasteiger charge is 2.57. The van der Waals surface area contributed by atoms with Crippen LogP contribution in [0.15, 0.2) is 0 Å². The van der Waals surface area contributed by atoms with Crippen LogP contribution in [0.3, 0.4) is 0 Å². The summed E-state index contributed by atoms with van der Waals surface area (Å²) in [5.41, 5.74) is -0.830. The molecule has 2 saturated carbocycles. The Kier molecular flexibility index (Phi) is 2.68. The number of carboxylic acids is 1. The zero-order valence-corrected chi connectivity index (χ0v) is 9.71. The fourth-order valence-electron chi connectivity index (χ4n) is 2.43. The van der Waals surface area contributed by atoms with Gasteiger partial charge in [0.25, 0.3) is 0 Å². The topological polar surface area (TPSA) is 66.4 Å². The molecule has 4 heteroatoms. The third kappa shape index (κ3) is 1.70. The summed E-state index contributed by atoms with van der Waals surface area (Å²) < 4.78 is 0. The Labute approximate surface area is 95.4 Å². The first kappa shape index (κ1) is 11.4. The van der Waals surface area contributed by atoms with E-state index in [2.05, 4.69) is 12.2 Å². The van der Waals surface area contributed by atoms with Gasteiger partial charge in [-0.1, -0.05) is 13.3 Å². The van der Waals surface area contributed by atoms with Crippen molar-refractivity contribution in [3.05, 3.63) is 0 Å². The molecule has 2 N–H and O–H groups in total. The maximum absolute atomic E-state index is 11.8. The quantitative estimate of drug-likeness (QED) is 0.697. The third-order valence-electron chi connectivity index (χ3n) is 4.38. The summed E-state index contributed by atoms with van der Waals surface area (Å²) in [4.78, 5) is 22.7. The molecule has 0 atom stereocenters. The first-order valence-corrected chi connectivity index (χ1v) is 6.06. The second kappa shape index (κ2) is 3.75. The number of rotatable bonds is 5. The van der Waals surface area contributed by atoms with Gasteiger partial charge in [-0.15, -0.1) is 0 Å². The van der Waals surface area contributed by atoms with Crippen molar-refractivity contribution in [3.63, 3.8) is 0 Å². The van der Waals surface area contributed by atoms with E-state index in [1.807, 2.05) is 0 Å². The van der Waals surface area contributed by atoms with Crippen LogP contribution in [0.4, 0.5) is 0 Å². The van der Waals surface area contributed by atoms with Gasteiger partial charge in [-0.3, -0.25) is 9.59 Å². The maximum Gasteiger partial charge on any atom is 0.319 e. The Morgan fingerprint density at radius 3 is 2.19 bits per heavy atom. The van der Waals surface area contributed by atoms with Crippen molar-refractivity contribution < 1.29 is 14.7 Å². The van der Waals surface area contributed by atoms with Crippen molar-refractivity contribution in [3.8, 4) is 0 Å². The number of hydrogen-bond acceptors (Lipinski definition) is 2. The Bertz CT molecular complexity index is 311. The molecule has 2 aliphatic carbocycles. The predicted octanol–water partition coefficient (Wildman–Crippen LogP) is 1.55. The largest absolute Gasteiger partial charge is 0.480 e. The van der Waals surface area contributed by atoms with Gasteiger partial charge in [0.2, 0.25) is 5.91 Å². The van der Waals surface area contributed by atoms with Gasteiger partial charge in [-0.2, -0.15) is 0 Å². The lowest BCUT2D eigenvalue weighted by Crippen LogP contribution is -2.45. The van der Waals surface area contributed by atoms with Crippen LogP contribution >= 0.6 is 0 Å².